The van der Waals surface area contributed by atoms with Gasteiger partial charge < -0.3 is 9.80 Å². The van der Waals surface area contributed by atoms with E-state index < -0.39 is 5.82 Å². The van der Waals surface area contributed by atoms with Gasteiger partial charge >= 0.3 is 0 Å². The number of anilines is 1. The lowest BCUT2D eigenvalue weighted by Gasteiger charge is -2.21. The lowest BCUT2D eigenvalue weighted by atomic mass is 10.0. The molecule has 5 nitrogen and oxygen atoms in total. The van der Waals surface area contributed by atoms with Crippen LogP contribution in [0.2, 0.25) is 0 Å². The summed E-state index contributed by atoms with van der Waals surface area (Å²) in [5, 5.41) is 0.993. The second-order valence-electron chi connectivity index (χ2n) is 8.95. The van der Waals surface area contributed by atoms with Crippen molar-refractivity contribution >= 4 is 28.4 Å². The maximum absolute atomic E-state index is 15.0. The Morgan fingerprint density at radius 1 is 1.09 bits per heavy atom. The molecule has 2 fully saturated rings. The van der Waals surface area contributed by atoms with Crippen molar-refractivity contribution in [3.63, 3.8) is 0 Å². The molecule has 2 heterocycles. The van der Waals surface area contributed by atoms with Gasteiger partial charge in [0, 0.05) is 44.1 Å². The minimum Gasteiger partial charge on any atom is -0.342 e. The quantitative estimate of drug-likeness (QED) is 0.591. The molecule has 0 bridgehead atoms. The number of likely N-dealkylation sites (tertiary alicyclic amines) is 1. The first-order valence-electron chi connectivity index (χ1n) is 11.2. The van der Waals surface area contributed by atoms with Crippen LogP contribution < -0.4 is 4.90 Å². The highest BCUT2D eigenvalue weighted by Gasteiger charge is 2.37. The average molecular weight is 432 g/mol. The van der Waals surface area contributed by atoms with Crippen molar-refractivity contribution in [1.82, 2.24) is 9.88 Å². The first kappa shape index (κ1) is 20.6. The van der Waals surface area contributed by atoms with Gasteiger partial charge in [0.15, 0.2) is 0 Å². The molecule has 32 heavy (non-hydrogen) atoms. The van der Waals surface area contributed by atoms with Crippen molar-refractivity contribution in [2.24, 2.45) is 11.8 Å². The number of rotatable bonds is 5. The van der Waals surface area contributed by atoms with Crippen LogP contribution in [0.4, 0.5) is 10.1 Å². The van der Waals surface area contributed by atoms with Gasteiger partial charge in [-0.05, 0) is 66.6 Å². The van der Waals surface area contributed by atoms with Crippen molar-refractivity contribution in [2.75, 3.05) is 25.0 Å². The van der Waals surface area contributed by atoms with Crippen LogP contribution in [-0.2, 0) is 9.59 Å². The Morgan fingerprint density at radius 2 is 1.88 bits per heavy atom. The van der Waals surface area contributed by atoms with Gasteiger partial charge in [0.05, 0.1) is 11.2 Å². The molecule has 1 aliphatic heterocycles. The van der Waals surface area contributed by atoms with Crippen LogP contribution >= 0.6 is 0 Å². The summed E-state index contributed by atoms with van der Waals surface area (Å²) >= 11 is 0. The molecule has 1 aliphatic carbocycles. The molecule has 6 heteroatoms. The molecule has 1 atom stereocenters. The lowest BCUT2D eigenvalue weighted by Crippen LogP contribution is -2.32. The third kappa shape index (κ3) is 4.09. The molecule has 1 saturated heterocycles. The maximum atomic E-state index is 15.0. The van der Waals surface area contributed by atoms with Gasteiger partial charge in [-0.15, -0.1) is 0 Å². The number of nitrogens with zero attached hydrogens (tertiary/aromatic N) is 3. The summed E-state index contributed by atoms with van der Waals surface area (Å²) < 4.78 is 15.0. The fourth-order valence-corrected chi connectivity index (χ4v) is 4.52. The molecule has 0 N–H and O–H groups in total. The summed E-state index contributed by atoms with van der Waals surface area (Å²) in [6.45, 7) is 1.36. The zero-order valence-electron chi connectivity index (χ0n) is 18.1. The molecule has 2 aromatic carbocycles. The summed E-state index contributed by atoms with van der Waals surface area (Å²) in [5.41, 5.74) is 2.81. The number of hydrogen-bond donors (Lipinski definition) is 0. The van der Waals surface area contributed by atoms with E-state index in [1.165, 1.54) is 11.0 Å². The average Bonchev–Trinajstić information content (AvgIpc) is 3.56. The van der Waals surface area contributed by atoms with Crippen LogP contribution in [0, 0.1) is 17.7 Å². The van der Waals surface area contributed by atoms with Gasteiger partial charge in [0.2, 0.25) is 11.8 Å². The van der Waals surface area contributed by atoms with E-state index in [1.54, 1.807) is 19.3 Å². The fraction of sp³-hybridized carbons (Fsp3) is 0.346. The Balaban J connectivity index is 1.27. The number of amides is 2. The molecular weight excluding hydrogens is 405 g/mol. The Morgan fingerprint density at radius 3 is 2.66 bits per heavy atom. The van der Waals surface area contributed by atoms with Gasteiger partial charge in [-0.25, -0.2) is 4.39 Å². The Hall–Kier alpha value is -3.28. The van der Waals surface area contributed by atoms with E-state index in [-0.39, 0.29) is 29.3 Å². The number of carbonyl (C=O) groups is 2. The zero-order valence-corrected chi connectivity index (χ0v) is 18.1. The molecule has 2 aliphatic rings. The number of halogens is 1. The Bertz CT molecular complexity index is 1190. The number of hydrogen-bond acceptors (Lipinski definition) is 3. The van der Waals surface area contributed by atoms with Crippen molar-refractivity contribution < 1.29 is 14.0 Å². The number of benzene rings is 2. The summed E-state index contributed by atoms with van der Waals surface area (Å²) in [5.74, 6) is 0.0277. The first-order valence-corrected chi connectivity index (χ1v) is 11.2. The molecule has 164 valence electrons. The van der Waals surface area contributed by atoms with Gasteiger partial charge in [-0.3, -0.25) is 14.6 Å². The van der Waals surface area contributed by atoms with Crippen molar-refractivity contribution in [3.8, 4) is 11.1 Å². The maximum Gasteiger partial charge on any atom is 0.227 e. The molecule has 0 unspecified atom stereocenters. The fourth-order valence-electron chi connectivity index (χ4n) is 4.52. The number of aromatic nitrogens is 1. The third-order valence-electron chi connectivity index (χ3n) is 6.61. The van der Waals surface area contributed by atoms with Crippen LogP contribution in [0.15, 0.2) is 54.7 Å². The van der Waals surface area contributed by atoms with Gasteiger partial charge in [-0.2, -0.15) is 0 Å². The molecule has 3 aromatic rings. The minimum atomic E-state index is -0.429. The van der Waals surface area contributed by atoms with Crippen molar-refractivity contribution in [2.45, 2.75) is 25.7 Å². The van der Waals surface area contributed by atoms with Crippen LogP contribution in [0.25, 0.3) is 22.0 Å². The number of fused-ring (bicyclic) bond motifs is 1. The standard InChI is InChI=1S/C26H26FN3O2/c1-29(25(31)13-17-10-12-30(16-17)26(32)18-4-5-18)24-9-7-20(15-22(24)27)19-6-8-23-21(14-19)3-2-11-28-23/h2-3,6-9,11,14-15,17-18H,4-5,10,12-13,16H2,1H3/t17-/m0/s1. The second-order valence-corrected chi connectivity index (χ2v) is 8.95. The molecule has 0 spiro atoms. The molecular formula is C26H26FN3O2. The molecule has 5 rings (SSSR count). The molecule has 1 saturated carbocycles. The van der Waals surface area contributed by atoms with E-state index in [9.17, 15) is 14.0 Å². The van der Waals surface area contributed by atoms with Crippen LogP contribution in [0.5, 0.6) is 0 Å². The van der Waals surface area contributed by atoms with Crippen molar-refractivity contribution in [3.05, 3.63) is 60.5 Å². The van der Waals surface area contributed by atoms with E-state index in [2.05, 4.69) is 4.98 Å². The highest BCUT2D eigenvalue weighted by Crippen LogP contribution is 2.34. The summed E-state index contributed by atoms with van der Waals surface area (Å²) in [4.78, 5) is 32.7. The highest BCUT2D eigenvalue weighted by atomic mass is 19.1. The van der Waals surface area contributed by atoms with E-state index in [0.717, 1.165) is 47.8 Å². The summed E-state index contributed by atoms with van der Waals surface area (Å²) in [7, 11) is 1.62. The van der Waals surface area contributed by atoms with E-state index >= 15 is 0 Å². The normalized spacial score (nSPS) is 18.2. The Kier molecular flexibility index (Phi) is 5.37. The lowest BCUT2D eigenvalue weighted by molar-refractivity contribution is -0.131. The van der Waals surface area contributed by atoms with Crippen LogP contribution in [-0.4, -0.2) is 41.8 Å². The van der Waals surface area contributed by atoms with E-state index in [4.69, 9.17) is 0 Å². The highest BCUT2D eigenvalue weighted by molar-refractivity contribution is 5.93. The Labute approximate surface area is 186 Å². The predicted molar refractivity (Wildman–Crippen MR) is 123 cm³/mol. The molecule has 1 aromatic heterocycles. The van der Waals surface area contributed by atoms with Gasteiger partial charge in [-0.1, -0.05) is 18.2 Å². The van der Waals surface area contributed by atoms with Crippen LogP contribution in [0.1, 0.15) is 25.7 Å². The SMILES string of the molecule is CN(C(=O)C[C@@H]1CCN(C(=O)C2CC2)C1)c1ccc(-c2ccc3ncccc3c2)cc1F. The third-order valence-corrected chi connectivity index (χ3v) is 6.61. The smallest absolute Gasteiger partial charge is 0.227 e. The largest absolute Gasteiger partial charge is 0.342 e. The number of carbonyl (C=O) groups excluding carboxylic acids is 2. The second kappa shape index (κ2) is 8.34. The summed E-state index contributed by atoms with van der Waals surface area (Å²) in [6, 6.07) is 14.7. The van der Waals surface area contributed by atoms with Crippen LogP contribution in [0.3, 0.4) is 0 Å². The molecule has 0 radical (unpaired) electrons. The topological polar surface area (TPSA) is 53.5 Å². The number of pyridine rings is 1. The molecule has 2 amide bonds. The minimum absolute atomic E-state index is 0.126. The summed E-state index contributed by atoms with van der Waals surface area (Å²) in [6.07, 6.45) is 4.89. The zero-order chi connectivity index (χ0) is 22.2. The van der Waals surface area contributed by atoms with Crippen molar-refractivity contribution in [1.29, 1.82) is 0 Å². The van der Waals surface area contributed by atoms with Gasteiger partial charge in [0.1, 0.15) is 5.82 Å². The monoisotopic (exact) mass is 431 g/mol. The van der Waals surface area contributed by atoms with E-state index in [1.807, 2.05) is 41.3 Å². The predicted octanol–water partition coefficient (Wildman–Crippen LogP) is 4.65. The van der Waals surface area contributed by atoms with E-state index in [0.29, 0.717) is 13.0 Å². The van der Waals surface area contributed by atoms with Gasteiger partial charge in [0.25, 0.3) is 0 Å². The first-order chi connectivity index (χ1) is 15.5.